The molecule has 14 heteroatoms. The minimum Gasteiger partial charge on any atom is -0.474 e. The first-order valence-corrected chi connectivity index (χ1v) is 19.1. The van der Waals surface area contributed by atoms with Gasteiger partial charge in [0.2, 0.25) is 11.8 Å². The minimum atomic E-state index is -0.150. The number of H-pyrrole nitrogens is 1. The Morgan fingerprint density at radius 3 is 2.60 bits per heavy atom. The van der Waals surface area contributed by atoms with Gasteiger partial charge in [-0.1, -0.05) is 12.1 Å². The summed E-state index contributed by atoms with van der Waals surface area (Å²) in [5.74, 6) is 1.87. The highest BCUT2D eigenvalue weighted by molar-refractivity contribution is 6.23. The Morgan fingerprint density at radius 1 is 0.927 bits per heavy atom. The Bertz CT molecular complexity index is 2250. The molecule has 284 valence electrons. The number of amides is 1. The van der Waals surface area contributed by atoms with E-state index >= 15 is 0 Å². The maximum Gasteiger partial charge on any atom is 0.251 e. The number of morpholine rings is 1. The molecule has 1 amide bonds. The number of benzene rings is 1. The van der Waals surface area contributed by atoms with Gasteiger partial charge >= 0.3 is 0 Å². The number of aliphatic imine (C=N–C) groups is 1. The fourth-order valence-corrected chi connectivity index (χ4v) is 7.74. The number of anilines is 1. The SMILES string of the molecule is CNC(=O)c1cccc(C2=Nc3cc(CC4CC(Oc5nc(C)cc6[nH]nc(-c7ccnc(N8CCOCC8)c7)c56)CCO4)nc(OC4CCOCC4)c32)c1. The number of aryl methyl sites for hydroxylation is 1. The molecule has 8 heterocycles. The number of carbonyl (C=O) groups is 1. The van der Waals surface area contributed by atoms with E-state index in [9.17, 15) is 4.79 Å². The van der Waals surface area contributed by atoms with Gasteiger partial charge in [-0.2, -0.15) is 5.10 Å². The third-order valence-corrected chi connectivity index (χ3v) is 10.6. The van der Waals surface area contributed by atoms with Gasteiger partial charge in [-0.15, -0.1) is 0 Å². The lowest BCUT2D eigenvalue weighted by Crippen LogP contribution is -2.36. The van der Waals surface area contributed by atoms with E-state index in [2.05, 4.69) is 26.4 Å². The first kappa shape index (κ1) is 35.3. The van der Waals surface area contributed by atoms with Crippen molar-refractivity contribution >= 4 is 34.0 Å². The van der Waals surface area contributed by atoms with E-state index in [1.807, 2.05) is 49.5 Å². The number of nitrogens with one attached hydrogen (secondary N) is 2. The number of carbonyl (C=O) groups excluding carboxylic acids is 1. The van der Waals surface area contributed by atoms with Crippen LogP contribution in [-0.4, -0.2) is 108 Å². The summed E-state index contributed by atoms with van der Waals surface area (Å²) >= 11 is 0. The molecule has 0 aliphatic carbocycles. The maximum atomic E-state index is 12.4. The van der Waals surface area contributed by atoms with E-state index in [0.29, 0.717) is 63.2 Å². The highest BCUT2D eigenvalue weighted by Gasteiger charge is 2.32. The van der Waals surface area contributed by atoms with Crippen LogP contribution in [0, 0.1) is 6.92 Å². The predicted octanol–water partition coefficient (Wildman–Crippen LogP) is 5.13. The van der Waals surface area contributed by atoms with Crippen LogP contribution in [0.2, 0.25) is 0 Å². The van der Waals surface area contributed by atoms with Crippen molar-refractivity contribution in [2.24, 2.45) is 4.99 Å². The second-order valence-corrected chi connectivity index (χ2v) is 14.4. The number of fused-ring (bicyclic) bond motifs is 2. The summed E-state index contributed by atoms with van der Waals surface area (Å²) in [6.07, 6.45) is 5.12. The molecule has 0 spiro atoms. The lowest BCUT2D eigenvalue weighted by molar-refractivity contribution is -0.0351. The van der Waals surface area contributed by atoms with Crippen molar-refractivity contribution in [1.29, 1.82) is 0 Å². The summed E-state index contributed by atoms with van der Waals surface area (Å²) in [5.41, 5.74) is 8.15. The average molecular weight is 745 g/mol. The van der Waals surface area contributed by atoms with Crippen molar-refractivity contribution in [3.05, 3.63) is 82.8 Å². The Hall–Kier alpha value is -5.44. The standard InChI is InChI=1S/C41H44N8O6/c1-24-18-33-36(38(48-47-33)26-6-10-43-34(20-26)49-11-16-52-17-12-49)40(44-24)55-30-9-15-53-31(23-30)21-28-22-32-35(41(45-28)54-29-7-13-51-14-8-29)37(46-32)25-4-3-5-27(19-25)39(50)42-2/h3-6,10,18-20,22,29-31H,7-9,11-17,21,23H2,1-2H3,(H,42,50)(H,47,48). The molecule has 4 aliphatic heterocycles. The second kappa shape index (κ2) is 15.4. The monoisotopic (exact) mass is 744 g/mol. The number of rotatable bonds is 10. The van der Waals surface area contributed by atoms with Crippen molar-refractivity contribution in [2.45, 2.75) is 57.3 Å². The van der Waals surface area contributed by atoms with Crippen molar-refractivity contribution in [3.63, 3.8) is 0 Å². The van der Waals surface area contributed by atoms with Gasteiger partial charge in [0.05, 0.1) is 67.0 Å². The quantitative estimate of drug-likeness (QED) is 0.192. The molecule has 2 N–H and O–H groups in total. The zero-order chi connectivity index (χ0) is 37.3. The van der Waals surface area contributed by atoms with Crippen LogP contribution in [0.5, 0.6) is 11.8 Å². The van der Waals surface area contributed by atoms with Crippen LogP contribution < -0.4 is 19.7 Å². The summed E-state index contributed by atoms with van der Waals surface area (Å²) in [5, 5.41) is 11.5. The van der Waals surface area contributed by atoms with Gasteiger partial charge in [0, 0.05) is 86.5 Å². The third kappa shape index (κ3) is 7.36. The fourth-order valence-electron chi connectivity index (χ4n) is 7.74. The highest BCUT2D eigenvalue weighted by atomic mass is 16.5. The van der Waals surface area contributed by atoms with E-state index in [0.717, 1.165) is 94.2 Å². The van der Waals surface area contributed by atoms with Crippen LogP contribution >= 0.6 is 0 Å². The van der Waals surface area contributed by atoms with E-state index in [1.165, 1.54) is 0 Å². The van der Waals surface area contributed by atoms with Crippen LogP contribution in [0.3, 0.4) is 0 Å². The average Bonchev–Trinajstić information content (AvgIpc) is 3.64. The van der Waals surface area contributed by atoms with Gasteiger partial charge in [0.25, 0.3) is 5.91 Å². The van der Waals surface area contributed by atoms with E-state index in [4.69, 9.17) is 43.7 Å². The molecule has 0 saturated carbocycles. The van der Waals surface area contributed by atoms with Crippen LogP contribution in [0.25, 0.3) is 22.2 Å². The third-order valence-electron chi connectivity index (χ3n) is 10.6. The Balaban J connectivity index is 0.952. The van der Waals surface area contributed by atoms with E-state index in [1.54, 1.807) is 13.1 Å². The Morgan fingerprint density at radius 2 is 1.75 bits per heavy atom. The van der Waals surface area contributed by atoms with Crippen LogP contribution in [-0.2, 0) is 20.6 Å². The lowest BCUT2D eigenvalue weighted by atomic mass is 9.93. The number of hydrogen-bond donors (Lipinski definition) is 2. The lowest BCUT2D eigenvalue weighted by Gasteiger charge is -2.31. The molecule has 1 aromatic carbocycles. The number of nitrogens with zero attached hydrogens (tertiary/aromatic N) is 6. The van der Waals surface area contributed by atoms with Crippen molar-refractivity contribution in [2.75, 3.05) is 58.1 Å². The molecule has 2 unspecified atom stereocenters. The molecule has 5 aromatic rings. The smallest absolute Gasteiger partial charge is 0.251 e. The van der Waals surface area contributed by atoms with Crippen LogP contribution in [0.4, 0.5) is 11.5 Å². The largest absolute Gasteiger partial charge is 0.474 e. The first-order valence-electron chi connectivity index (χ1n) is 19.1. The molecule has 0 bridgehead atoms. The molecular weight excluding hydrogens is 701 g/mol. The summed E-state index contributed by atoms with van der Waals surface area (Å²) in [4.78, 5) is 34.1. The predicted molar refractivity (Wildman–Crippen MR) is 206 cm³/mol. The first-order chi connectivity index (χ1) is 27.0. The molecule has 0 radical (unpaired) electrons. The van der Waals surface area contributed by atoms with Crippen molar-refractivity contribution in [1.82, 2.24) is 30.5 Å². The normalized spacial score (nSPS) is 20.0. The minimum absolute atomic E-state index is 0.00653. The number of ether oxygens (including phenoxy) is 5. The van der Waals surface area contributed by atoms with Gasteiger partial charge < -0.3 is 33.9 Å². The summed E-state index contributed by atoms with van der Waals surface area (Å²) in [6, 6.07) is 15.5. The number of aromatic nitrogens is 5. The van der Waals surface area contributed by atoms with E-state index in [-0.39, 0.29) is 24.2 Å². The van der Waals surface area contributed by atoms with E-state index < -0.39 is 0 Å². The van der Waals surface area contributed by atoms with Crippen LogP contribution in [0.15, 0.2) is 59.7 Å². The molecule has 55 heavy (non-hydrogen) atoms. The van der Waals surface area contributed by atoms with Crippen LogP contribution in [0.1, 0.15) is 58.6 Å². The molecule has 4 aromatic heterocycles. The Labute approximate surface area is 318 Å². The molecular formula is C41H44N8O6. The molecule has 14 nitrogen and oxygen atoms in total. The second-order valence-electron chi connectivity index (χ2n) is 14.4. The number of hydrogen-bond acceptors (Lipinski definition) is 12. The van der Waals surface area contributed by atoms with Crippen molar-refractivity contribution < 1.29 is 28.5 Å². The zero-order valence-corrected chi connectivity index (χ0v) is 31.0. The topological polar surface area (TPSA) is 158 Å². The summed E-state index contributed by atoms with van der Waals surface area (Å²) in [6.45, 7) is 6.78. The number of aromatic amines is 1. The molecule has 3 saturated heterocycles. The highest BCUT2D eigenvalue weighted by Crippen LogP contribution is 2.41. The summed E-state index contributed by atoms with van der Waals surface area (Å²) < 4.78 is 30.8. The van der Waals surface area contributed by atoms with Gasteiger partial charge in [-0.25, -0.2) is 19.9 Å². The maximum absolute atomic E-state index is 12.4. The zero-order valence-electron chi connectivity index (χ0n) is 31.0. The molecule has 3 fully saturated rings. The summed E-state index contributed by atoms with van der Waals surface area (Å²) in [7, 11) is 1.63. The fraction of sp³-hybridized carbons (Fsp3) is 0.415. The molecule has 4 aliphatic rings. The molecule has 2 atom stereocenters. The Kier molecular flexibility index (Phi) is 9.85. The van der Waals surface area contributed by atoms with Gasteiger partial charge in [-0.3, -0.25) is 9.89 Å². The van der Waals surface area contributed by atoms with Gasteiger partial charge in [-0.05, 0) is 43.3 Å². The van der Waals surface area contributed by atoms with Crippen molar-refractivity contribution in [3.8, 4) is 23.0 Å². The molecule has 9 rings (SSSR count). The van der Waals surface area contributed by atoms with Gasteiger partial charge in [0.15, 0.2) is 0 Å². The van der Waals surface area contributed by atoms with Gasteiger partial charge in [0.1, 0.15) is 23.7 Å². The number of pyridine rings is 3.